The van der Waals surface area contributed by atoms with Crippen molar-refractivity contribution in [1.29, 1.82) is 0 Å². The predicted octanol–water partition coefficient (Wildman–Crippen LogP) is 3.60. The zero-order chi connectivity index (χ0) is 17.5. The maximum atomic E-state index is 14.2. The van der Waals surface area contributed by atoms with Gasteiger partial charge in [-0.25, -0.2) is 4.39 Å². The Morgan fingerprint density at radius 3 is 2.25 bits per heavy atom. The lowest BCUT2D eigenvalue weighted by molar-refractivity contribution is 0.00578. The Morgan fingerprint density at radius 2 is 1.62 bits per heavy atom. The minimum atomic E-state index is -0.626. The highest BCUT2D eigenvalue weighted by Gasteiger charge is 2.51. The van der Waals surface area contributed by atoms with Crippen LogP contribution in [0, 0.1) is 5.82 Å². The smallest absolute Gasteiger partial charge is 0.399 e. The Morgan fingerprint density at radius 1 is 0.958 bits per heavy atom. The van der Waals surface area contributed by atoms with E-state index in [-0.39, 0.29) is 5.82 Å². The Bertz CT molecular complexity index is 770. The van der Waals surface area contributed by atoms with Gasteiger partial charge in [-0.2, -0.15) is 0 Å². The van der Waals surface area contributed by atoms with Crippen LogP contribution >= 0.6 is 0 Å². The van der Waals surface area contributed by atoms with E-state index in [4.69, 9.17) is 9.31 Å². The van der Waals surface area contributed by atoms with Gasteiger partial charge >= 0.3 is 7.12 Å². The van der Waals surface area contributed by atoms with Gasteiger partial charge in [-0.3, -0.25) is 4.79 Å². The van der Waals surface area contributed by atoms with Crippen molar-refractivity contribution in [1.82, 2.24) is 0 Å². The molecule has 0 radical (unpaired) electrons. The quantitative estimate of drug-likeness (QED) is 0.639. The molecule has 1 aliphatic heterocycles. The fourth-order valence-electron chi connectivity index (χ4n) is 2.69. The lowest BCUT2D eigenvalue weighted by Gasteiger charge is -2.32. The molecule has 0 saturated carbocycles. The average molecular weight is 326 g/mol. The monoisotopic (exact) mass is 326 g/mol. The van der Waals surface area contributed by atoms with Crippen molar-refractivity contribution in [3.63, 3.8) is 0 Å². The first-order valence-electron chi connectivity index (χ1n) is 7.94. The van der Waals surface area contributed by atoms with Gasteiger partial charge in [-0.15, -0.1) is 0 Å². The fraction of sp³-hybridized carbons (Fsp3) is 0.316. The molecule has 1 fully saturated rings. The predicted molar refractivity (Wildman–Crippen MR) is 92.9 cm³/mol. The molecule has 1 aliphatic rings. The fourth-order valence-corrected chi connectivity index (χ4v) is 2.69. The molecule has 124 valence electrons. The van der Waals surface area contributed by atoms with E-state index in [1.54, 1.807) is 18.2 Å². The molecule has 24 heavy (non-hydrogen) atoms. The van der Waals surface area contributed by atoms with E-state index >= 15 is 0 Å². The second-order valence-electron chi connectivity index (χ2n) is 7.10. The van der Waals surface area contributed by atoms with Crippen molar-refractivity contribution in [3.8, 4) is 11.1 Å². The maximum absolute atomic E-state index is 14.2. The van der Waals surface area contributed by atoms with Crippen molar-refractivity contribution >= 4 is 18.9 Å². The largest absolute Gasteiger partial charge is 0.494 e. The Balaban J connectivity index is 2.00. The van der Waals surface area contributed by atoms with Crippen LogP contribution in [0.2, 0.25) is 0 Å². The van der Waals surface area contributed by atoms with E-state index in [2.05, 4.69) is 0 Å². The van der Waals surface area contributed by atoms with E-state index in [9.17, 15) is 9.18 Å². The van der Waals surface area contributed by atoms with Crippen molar-refractivity contribution in [2.75, 3.05) is 0 Å². The second-order valence-corrected chi connectivity index (χ2v) is 7.10. The average Bonchev–Trinajstić information content (AvgIpc) is 2.75. The van der Waals surface area contributed by atoms with Crippen LogP contribution in [0.15, 0.2) is 42.5 Å². The molecule has 3 nitrogen and oxygen atoms in total. The lowest BCUT2D eigenvalue weighted by Crippen LogP contribution is -2.41. The third-order valence-corrected chi connectivity index (χ3v) is 4.80. The standard InChI is InChI=1S/C19H20BFO3/c1-18(2)19(3,4)24-20(23-18)16-9-15(10-17(21)11-16)14-7-5-6-13(8-14)12-22/h5-12H,1-4H3. The molecule has 2 aromatic carbocycles. The van der Waals surface area contributed by atoms with Crippen molar-refractivity contribution < 1.29 is 18.5 Å². The van der Waals surface area contributed by atoms with Gasteiger partial charge in [0.2, 0.25) is 0 Å². The molecule has 0 amide bonds. The summed E-state index contributed by atoms with van der Waals surface area (Å²) in [7, 11) is -0.626. The molecule has 0 bridgehead atoms. The van der Waals surface area contributed by atoms with Crippen LogP contribution in [0.3, 0.4) is 0 Å². The Labute approximate surface area is 141 Å². The molecule has 0 atom stereocenters. The highest BCUT2D eigenvalue weighted by molar-refractivity contribution is 6.62. The summed E-state index contributed by atoms with van der Waals surface area (Å²) in [5.74, 6) is -0.367. The number of aldehydes is 1. The highest BCUT2D eigenvalue weighted by atomic mass is 19.1. The Kier molecular flexibility index (Phi) is 4.10. The van der Waals surface area contributed by atoms with E-state index in [1.807, 2.05) is 39.8 Å². The zero-order valence-electron chi connectivity index (χ0n) is 14.3. The van der Waals surface area contributed by atoms with E-state index in [0.717, 1.165) is 11.8 Å². The summed E-state index contributed by atoms with van der Waals surface area (Å²) in [6.07, 6.45) is 0.776. The molecule has 0 N–H and O–H groups in total. The third-order valence-electron chi connectivity index (χ3n) is 4.80. The van der Waals surface area contributed by atoms with E-state index in [1.165, 1.54) is 12.1 Å². The van der Waals surface area contributed by atoms with Crippen molar-refractivity contribution in [2.24, 2.45) is 0 Å². The summed E-state index contributed by atoms with van der Waals surface area (Å²) in [5, 5.41) is 0. The molecule has 1 saturated heterocycles. The summed E-state index contributed by atoms with van der Waals surface area (Å²) >= 11 is 0. The van der Waals surface area contributed by atoms with Crippen LogP contribution in [-0.4, -0.2) is 24.6 Å². The summed E-state index contributed by atoms with van der Waals surface area (Å²) < 4.78 is 26.1. The van der Waals surface area contributed by atoms with Gasteiger partial charge in [0.1, 0.15) is 12.1 Å². The number of carbonyl (C=O) groups is 1. The third kappa shape index (κ3) is 3.02. The van der Waals surface area contributed by atoms with E-state index < -0.39 is 18.3 Å². The number of hydrogen-bond donors (Lipinski definition) is 0. The van der Waals surface area contributed by atoms with Gasteiger partial charge < -0.3 is 9.31 Å². The second kappa shape index (κ2) is 5.83. The van der Waals surface area contributed by atoms with Crippen LogP contribution in [0.25, 0.3) is 11.1 Å². The molecular weight excluding hydrogens is 306 g/mol. The summed E-state index contributed by atoms with van der Waals surface area (Å²) in [6.45, 7) is 7.84. The number of halogens is 1. The topological polar surface area (TPSA) is 35.5 Å². The number of carbonyl (C=O) groups excluding carboxylic acids is 1. The molecule has 1 heterocycles. The molecule has 0 aliphatic carbocycles. The van der Waals surface area contributed by atoms with Gasteiger partial charge in [0.25, 0.3) is 0 Å². The summed E-state index contributed by atoms with van der Waals surface area (Å²) in [4.78, 5) is 11.0. The van der Waals surface area contributed by atoms with Gasteiger partial charge in [0.15, 0.2) is 0 Å². The van der Waals surface area contributed by atoms with Crippen molar-refractivity contribution in [2.45, 2.75) is 38.9 Å². The Hall–Kier alpha value is -1.98. The molecule has 5 heteroatoms. The van der Waals surface area contributed by atoms with Crippen LogP contribution in [0.5, 0.6) is 0 Å². The number of hydrogen-bond acceptors (Lipinski definition) is 3. The molecule has 2 aromatic rings. The molecular formula is C19H20BFO3. The number of rotatable bonds is 3. The SMILES string of the molecule is CC1(C)OB(c2cc(F)cc(-c3cccc(C=O)c3)c2)OC1(C)C. The highest BCUT2D eigenvalue weighted by Crippen LogP contribution is 2.36. The van der Waals surface area contributed by atoms with Gasteiger partial charge in [0, 0.05) is 5.56 Å². The van der Waals surface area contributed by atoms with Gasteiger partial charge in [-0.05, 0) is 62.5 Å². The van der Waals surface area contributed by atoms with Gasteiger partial charge in [-0.1, -0.05) is 24.3 Å². The first-order valence-corrected chi connectivity index (χ1v) is 7.94. The van der Waals surface area contributed by atoms with Gasteiger partial charge in [0.05, 0.1) is 11.2 Å². The van der Waals surface area contributed by atoms with Crippen LogP contribution in [-0.2, 0) is 9.31 Å². The first-order chi connectivity index (χ1) is 11.2. The molecule has 0 aromatic heterocycles. The molecule has 0 spiro atoms. The number of benzene rings is 2. The maximum Gasteiger partial charge on any atom is 0.494 e. The summed E-state index contributed by atoms with van der Waals surface area (Å²) in [5.41, 5.74) is 1.66. The lowest BCUT2D eigenvalue weighted by atomic mass is 9.78. The van der Waals surface area contributed by atoms with Crippen LogP contribution in [0.1, 0.15) is 38.1 Å². The van der Waals surface area contributed by atoms with Crippen LogP contribution in [0.4, 0.5) is 4.39 Å². The van der Waals surface area contributed by atoms with E-state index in [0.29, 0.717) is 16.6 Å². The van der Waals surface area contributed by atoms with Crippen LogP contribution < -0.4 is 5.46 Å². The zero-order valence-corrected chi connectivity index (χ0v) is 14.3. The molecule has 0 unspecified atom stereocenters. The normalized spacial score (nSPS) is 18.6. The first kappa shape index (κ1) is 16.9. The van der Waals surface area contributed by atoms with Crippen molar-refractivity contribution in [3.05, 3.63) is 53.8 Å². The molecule has 3 rings (SSSR count). The summed E-state index contributed by atoms with van der Waals surface area (Å²) in [6, 6.07) is 11.8. The minimum Gasteiger partial charge on any atom is -0.399 e. The minimum absolute atomic E-state index is 0.367.